The third-order valence-corrected chi connectivity index (χ3v) is 3.42. The lowest BCUT2D eigenvalue weighted by Gasteiger charge is -2.04. The second-order valence-electron chi connectivity index (χ2n) is 3.68. The van der Waals surface area contributed by atoms with E-state index >= 15 is 0 Å². The van der Waals surface area contributed by atoms with Crippen molar-refractivity contribution in [1.29, 1.82) is 5.26 Å². The lowest BCUT2D eigenvalue weighted by Crippen LogP contribution is -1.89. The molecule has 0 saturated carbocycles. The normalized spacial score (nSPS) is 10.3. The van der Waals surface area contributed by atoms with E-state index in [0.717, 1.165) is 22.3 Å². The zero-order valence-electron chi connectivity index (χ0n) is 8.90. The summed E-state index contributed by atoms with van der Waals surface area (Å²) >= 11 is 1.44. The molecule has 2 aromatic heterocycles. The van der Waals surface area contributed by atoms with Crippen LogP contribution in [0.4, 0.5) is 11.4 Å². The predicted octanol–water partition coefficient (Wildman–Crippen LogP) is 3.84. The van der Waals surface area contributed by atoms with Crippen LogP contribution in [0.1, 0.15) is 4.88 Å². The van der Waals surface area contributed by atoms with Gasteiger partial charge in [-0.25, -0.2) is 0 Å². The number of benzene rings is 1. The SMILES string of the molecule is N#Cc1sccc1Nc1ccc2[nH]ccc2c1. The lowest BCUT2D eigenvalue weighted by molar-refractivity contribution is 1.47. The van der Waals surface area contributed by atoms with Crippen LogP contribution in [0.5, 0.6) is 0 Å². The summed E-state index contributed by atoms with van der Waals surface area (Å²) in [6.45, 7) is 0. The number of rotatable bonds is 2. The third kappa shape index (κ3) is 1.77. The van der Waals surface area contributed by atoms with Gasteiger partial charge in [0.15, 0.2) is 0 Å². The number of hydrogen-bond acceptors (Lipinski definition) is 3. The first-order chi connectivity index (χ1) is 8.36. The molecule has 3 aromatic rings. The molecule has 0 spiro atoms. The maximum Gasteiger partial charge on any atom is 0.128 e. The maximum atomic E-state index is 8.94. The predicted molar refractivity (Wildman–Crippen MR) is 70.6 cm³/mol. The summed E-state index contributed by atoms with van der Waals surface area (Å²) in [5.74, 6) is 0. The molecule has 0 amide bonds. The quantitative estimate of drug-likeness (QED) is 0.713. The molecule has 0 fully saturated rings. The summed E-state index contributed by atoms with van der Waals surface area (Å²) in [6.07, 6.45) is 1.92. The molecule has 0 saturated heterocycles. The Morgan fingerprint density at radius 2 is 2.18 bits per heavy atom. The summed E-state index contributed by atoms with van der Waals surface area (Å²) in [5.41, 5.74) is 2.97. The van der Waals surface area contributed by atoms with E-state index in [2.05, 4.69) is 22.4 Å². The highest BCUT2D eigenvalue weighted by molar-refractivity contribution is 7.11. The van der Waals surface area contributed by atoms with Crippen molar-refractivity contribution >= 4 is 33.6 Å². The van der Waals surface area contributed by atoms with Gasteiger partial charge in [0.2, 0.25) is 0 Å². The van der Waals surface area contributed by atoms with Gasteiger partial charge in [0.1, 0.15) is 10.9 Å². The van der Waals surface area contributed by atoms with E-state index < -0.39 is 0 Å². The average Bonchev–Trinajstić information content (AvgIpc) is 2.96. The zero-order chi connectivity index (χ0) is 11.7. The summed E-state index contributed by atoms with van der Waals surface area (Å²) in [6, 6.07) is 12.2. The number of H-pyrrole nitrogens is 1. The Bertz CT molecular complexity index is 703. The minimum Gasteiger partial charge on any atom is -0.361 e. The molecule has 0 aliphatic rings. The molecule has 3 nitrogen and oxygen atoms in total. The van der Waals surface area contributed by atoms with Crippen LogP contribution in [0, 0.1) is 11.3 Å². The van der Waals surface area contributed by atoms with Gasteiger partial charge in [0, 0.05) is 22.8 Å². The van der Waals surface area contributed by atoms with E-state index in [1.807, 2.05) is 35.8 Å². The molecule has 17 heavy (non-hydrogen) atoms. The van der Waals surface area contributed by atoms with Crippen molar-refractivity contribution in [2.75, 3.05) is 5.32 Å². The van der Waals surface area contributed by atoms with Crippen molar-refractivity contribution in [1.82, 2.24) is 4.98 Å². The smallest absolute Gasteiger partial charge is 0.128 e. The highest BCUT2D eigenvalue weighted by atomic mass is 32.1. The fourth-order valence-electron chi connectivity index (χ4n) is 1.78. The molecule has 2 N–H and O–H groups in total. The number of hydrogen-bond donors (Lipinski definition) is 2. The summed E-state index contributed by atoms with van der Waals surface area (Å²) in [5, 5.41) is 15.3. The second-order valence-corrected chi connectivity index (χ2v) is 4.60. The first-order valence-electron chi connectivity index (χ1n) is 5.18. The van der Waals surface area contributed by atoms with Gasteiger partial charge < -0.3 is 10.3 Å². The fourth-order valence-corrected chi connectivity index (χ4v) is 2.42. The summed E-state index contributed by atoms with van der Waals surface area (Å²) in [7, 11) is 0. The fraction of sp³-hybridized carbons (Fsp3) is 0. The van der Waals surface area contributed by atoms with Gasteiger partial charge >= 0.3 is 0 Å². The highest BCUT2D eigenvalue weighted by Gasteiger charge is 2.04. The first-order valence-corrected chi connectivity index (χ1v) is 6.06. The Morgan fingerprint density at radius 3 is 3.06 bits per heavy atom. The van der Waals surface area contributed by atoms with Crippen molar-refractivity contribution in [3.8, 4) is 6.07 Å². The van der Waals surface area contributed by atoms with Crippen LogP contribution in [0.2, 0.25) is 0 Å². The highest BCUT2D eigenvalue weighted by Crippen LogP contribution is 2.26. The van der Waals surface area contributed by atoms with Crippen molar-refractivity contribution < 1.29 is 0 Å². The summed E-state index contributed by atoms with van der Waals surface area (Å²) < 4.78 is 0. The zero-order valence-corrected chi connectivity index (χ0v) is 9.71. The Morgan fingerprint density at radius 1 is 1.24 bits per heavy atom. The minimum absolute atomic E-state index is 0.708. The van der Waals surface area contributed by atoms with Gasteiger partial charge in [-0.2, -0.15) is 5.26 Å². The van der Waals surface area contributed by atoms with Gasteiger partial charge in [-0.05, 0) is 35.7 Å². The van der Waals surface area contributed by atoms with Gasteiger partial charge in [0.05, 0.1) is 5.69 Å². The van der Waals surface area contributed by atoms with Crippen LogP contribution in [0.3, 0.4) is 0 Å². The van der Waals surface area contributed by atoms with Crippen LogP contribution in [-0.2, 0) is 0 Å². The van der Waals surface area contributed by atoms with Crippen molar-refractivity contribution in [3.05, 3.63) is 46.8 Å². The molecule has 3 rings (SSSR count). The van der Waals surface area contributed by atoms with E-state index in [4.69, 9.17) is 5.26 Å². The first kappa shape index (κ1) is 9.94. The van der Waals surface area contributed by atoms with Crippen LogP contribution >= 0.6 is 11.3 Å². The van der Waals surface area contributed by atoms with Gasteiger partial charge in [0.25, 0.3) is 0 Å². The van der Waals surface area contributed by atoms with Gasteiger partial charge in [-0.3, -0.25) is 0 Å². The lowest BCUT2D eigenvalue weighted by atomic mass is 10.2. The van der Waals surface area contributed by atoms with Crippen molar-refractivity contribution in [2.24, 2.45) is 0 Å². The maximum absolute atomic E-state index is 8.94. The Labute approximate surface area is 102 Å². The number of thiophene rings is 1. The third-order valence-electron chi connectivity index (χ3n) is 2.60. The Kier molecular flexibility index (Phi) is 2.32. The molecule has 0 bridgehead atoms. The number of nitriles is 1. The molecule has 0 radical (unpaired) electrons. The van der Waals surface area contributed by atoms with E-state index in [1.165, 1.54) is 11.3 Å². The Balaban J connectivity index is 1.97. The number of aromatic amines is 1. The second kappa shape index (κ2) is 3.96. The molecule has 0 aliphatic heterocycles. The molecule has 82 valence electrons. The number of anilines is 2. The topological polar surface area (TPSA) is 51.6 Å². The standard InChI is InChI=1S/C13H9N3S/c14-8-13-12(4-6-17-13)16-10-1-2-11-9(7-10)3-5-15-11/h1-7,15-16H. The average molecular weight is 239 g/mol. The molecule has 1 aromatic carbocycles. The monoisotopic (exact) mass is 239 g/mol. The molecular formula is C13H9N3S. The molecule has 0 aliphatic carbocycles. The largest absolute Gasteiger partial charge is 0.361 e. The van der Waals surface area contributed by atoms with Crippen LogP contribution in [0.25, 0.3) is 10.9 Å². The van der Waals surface area contributed by atoms with Crippen LogP contribution < -0.4 is 5.32 Å². The van der Waals surface area contributed by atoms with Crippen LogP contribution in [0.15, 0.2) is 41.9 Å². The Hall–Kier alpha value is -2.25. The molecule has 0 unspecified atom stereocenters. The number of aromatic nitrogens is 1. The molecule has 4 heteroatoms. The molecule has 2 heterocycles. The number of fused-ring (bicyclic) bond motifs is 1. The van der Waals surface area contributed by atoms with Crippen LogP contribution in [-0.4, -0.2) is 4.98 Å². The van der Waals surface area contributed by atoms with Gasteiger partial charge in [-0.15, -0.1) is 11.3 Å². The van der Waals surface area contributed by atoms with Crippen molar-refractivity contribution in [2.45, 2.75) is 0 Å². The number of nitrogens with one attached hydrogen (secondary N) is 2. The summed E-state index contributed by atoms with van der Waals surface area (Å²) in [4.78, 5) is 3.86. The van der Waals surface area contributed by atoms with E-state index in [9.17, 15) is 0 Å². The molecule has 0 atom stereocenters. The van der Waals surface area contributed by atoms with Gasteiger partial charge in [-0.1, -0.05) is 0 Å². The molecular weight excluding hydrogens is 230 g/mol. The van der Waals surface area contributed by atoms with E-state index in [-0.39, 0.29) is 0 Å². The van der Waals surface area contributed by atoms with E-state index in [1.54, 1.807) is 0 Å². The van der Waals surface area contributed by atoms with Crippen molar-refractivity contribution in [3.63, 3.8) is 0 Å². The minimum atomic E-state index is 0.708. The number of nitrogens with zero attached hydrogens (tertiary/aromatic N) is 1. The van der Waals surface area contributed by atoms with E-state index in [0.29, 0.717) is 4.88 Å².